The average molecular weight is 291 g/mol. The lowest BCUT2D eigenvalue weighted by molar-refractivity contribution is -0.125. The Morgan fingerprint density at radius 3 is 2.48 bits per heavy atom. The molecule has 0 aliphatic carbocycles. The molecule has 4 N–H and O–H groups in total. The van der Waals surface area contributed by atoms with E-state index in [9.17, 15) is 9.59 Å². The Bertz CT molecular complexity index is 434. The fourth-order valence-corrected chi connectivity index (χ4v) is 2.15. The maximum Gasteiger partial charge on any atom is 0.239 e. The minimum absolute atomic E-state index is 0.0123. The molecule has 1 unspecified atom stereocenters. The number of hydrogen-bond donors (Lipinski definition) is 3. The van der Waals surface area contributed by atoms with Gasteiger partial charge in [0, 0.05) is 6.04 Å². The van der Waals surface area contributed by atoms with E-state index < -0.39 is 0 Å². The van der Waals surface area contributed by atoms with Crippen molar-refractivity contribution in [2.24, 2.45) is 5.73 Å². The van der Waals surface area contributed by atoms with Crippen LogP contribution in [0, 0.1) is 0 Å². The molecule has 0 bridgehead atoms. The molecule has 0 fully saturated rings. The Kier molecular flexibility index (Phi) is 8.12. The molecule has 2 amide bonds. The summed E-state index contributed by atoms with van der Waals surface area (Å²) in [6.07, 6.45) is 3.77. The van der Waals surface area contributed by atoms with Gasteiger partial charge in [0.1, 0.15) is 0 Å². The molecule has 1 aromatic carbocycles. The highest BCUT2D eigenvalue weighted by Crippen LogP contribution is 2.08. The molecule has 0 heterocycles. The van der Waals surface area contributed by atoms with E-state index in [-0.39, 0.29) is 30.9 Å². The number of aryl methyl sites for hydroxylation is 1. The van der Waals surface area contributed by atoms with Gasteiger partial charge in [-0.15, -0.1) is 0 Å². The van der Waals surface area contributed by atoms with E-state index in [0.29, 0.717) is 0 Å². The first kappa shape index (κ1) is 17.2. The minimum Gasteiger partial charge on any atom is -0.352 e. The van der Waals surface area contributed by atoms with Crippen LogP contribution in [0.1, 0.15) is 31.7 Å². The van der Waals surface area contributed by atoms with Crippen LogP contribution in [0.25, 0.3) is 0 Å². The molecule has 0 spiro atoms. The van der Waals surface area contributed by atoms with Gasteiger partial charge in [-0.1, -0.05) is 43.7 Å². The summed E-state index contributed by atoms with van der Waals surface area (Å²) in [6.45, 7) is 1.99. The van der Waals surface area contributed by atoms with Gasteiger partial charge >= 0.3 is 0 Å². The zero-order chi connectivity index (χ0) is 15.5. The third kappa shape index (κ3) is 7.46. The van der Waals surface area contributed by atoms with Crippen molar-refractivity contribution in [2.75, 3.05) is 13.1 Å². The van der Waals surface area contributed by atoms with Gasteiger partial charge in [0.15, 0.2) is 0 Å². The highest BCUT2D eigenvalue weighted by atomic mass is 16.2. The molecule has 5 heteroatoms. The Hall–Kier alpha value is -1.88. The van der Waals surface area contributed by atoms with Crippen LogP contribution < -0.4 is 16.4 Å². The molecular formula is C16H25N3O2. The van der Waals surface area contributed by atoms with Crippen molar-refractivity contribution < 1.29 is 9.59 Å². The number of benzene rings is 1. The maximum absolute atomic E-state index is 11.8. The molecule has 0 aliphatic heterocycles. The van der Waals surface area contributed by atoms with Gasteiger partial charge in [-0.05, 0) is 24.8 Å². The molecule has 0 radical (unpaired) electrons. The molecule has 21 heavy (non-hydrogen) atoms. The highest BCUT2D eigenvalue weighted by Gasteiger charge is 2.12. The lowest BCUT2D eigenvalue weighted by Gasteiger charge is -2.18. The van der Waals surface area contributed by atoms with Gasteiger partial charge in [0.2, 0.25) is 11.8 Å². The van der Waals surface area contributed by atoms with Crippen LogP contribution in [0.5, 0.6) is 0 Å². The molecule has 0 aromatic heterocycles. The number of rotatable bonds is 9. The minimum atomic E-state index is -0.318. The van der Waals surface area contributed by atoms with Crippen molar-refractivity contribution >= 4 is 11.8 Å². The number of amides is 2. The number of hydrogen-bond acceptors (Lipinski definition) is 3. The largest absolute Gasteiger partial charge is 0.352 e. The van der Waals surface area contributed by atoms with E-state index >= 15 is 0 Å². The summed E-state index contributed by atoms with van der Waals surface area (Å²) < 4.78 is 0. The number of nitrogens with one attached hydrogen (secondary N) is 2. The smallest absolute Gasteiger partial charge is 0.239 e. The van der Waals surface area contributed by atoms with Crippen LogP contribution in [-0.4, -0.2) is 30.9 Å². The summed E-state index contributed by atoms with van der Waals surface area (Å²) in [4.78, 5) is 22.8. The van der Waals surface area contributed by atoms with Gasteiger partial charge in [0.25, 0.3) is 0 Å². The van der Waals surface area contributed by atoms with Crippen LogP contribution in [-0.2, 0) is 16.0 Å². The third-order valence-corrected chi connectivity index (χ3v) is 3.26. The lowest BCUT2D eigenvalue weighted by Crippen LogP contribution is -2.43. The summed E-state index contributed by atoms with van der Waals surface area (Å²) in [5.74, 6) is -0.482. The van der Waals surface area contributed by atoms with Crippen LogP contribution in [0.15, 0.2) is 30.3 Å². The van der Waals surface area contributed by atoms with E-state index in [1.54, 1.807) is 0 Å². The predicted octanol–water partition coefficient (Wildman–Crippen LogP) is 0.979. The molecule has 0 saturated heterocycles. The second-order valence-corrected chi connectivity index (χ2v) is 5.06. The molecule has 1 atom stereocenters. The van der Waals surface area contributed by atoms with Gasteiger partial charge in [-0.3, -0.25) is 9.59 Å². The summed E-state index contributed by atoms with van der Waals surface area (Å²) in [5.41, 5.74) is 6.44. The molecule has 5 nitrogen and oxygen atoms in total. The fraction of sp³-hybridized carbons (Fsp3) is 0.500. The van der Waals surface area contributed by atoms with Gasteiger partial charge in [-0.25, -0.2) is 0 Å². The first-order valence-corrected chi connectivity index (χ1v) is 7.45. The predicted molar refractivity (Wildman–Crippen MR) is 83.7 cm³/mol. The molecule has 1 rings (SSSR count). The van der Waals surface area contributed by atoms with Crippen molar-refractivity contribution in [1.29, 1.82) is 0 Å². The van der Waals surface area contributed by atoms with Gasteiger partial charge in [0.05, 0.1) is 13.1 Å². The number of carbonyl (C=O) groups is 2. The number of carbonyl (C=O) groups excluding carboxylic acids is 2. The highest BCUT2D eigenvalue weighted by molar-refractivity contribution is 5.85. The second-order valence-electron chi connectivity index (χ2n) is 5.06. The van der Waals surface area contributed by atoms with E-state index in [4.69, 9.17) is 5.73 Å². The zero-order valence-corrected chi connectivity index (χ0v) is 12.6. The first-order valence-electron chi connectivity index (χ1n) is 7.45. The van der Waals surface area contributed by atoms with Gasteiger partial charge in [-0.2, -0.15) is 0 Å². The molecule has 0 saturated carbocycles. The second kappa shape index (κ2) is 9.94. The maximum atomic E-state index is 11.8. The van der Waals surface area contributed by atoms with E-state index in [1.807, 2.05) is 18.2 Å². The summed E-state index contributed by atoms with van der Waals surface area (Å²) in [6, 6.07) is 10.3. The van der Waals surface area contributed by atoms with E-state index in [2.05, 4.69) is 29.7 Å². The van der Waals surface area contributed by atoms with Crippen molar-refractivity contribution in [3.63, 3.8) is 0 Å². The quantitative estimate of drug-likeness (QED) is 0.634. The van der Waals surface area contributed by atoms with Crippen molar-refractivity contribution in [3.05, 3.63) is 35.9 Å². The molecule has 116 valence electrons. The van der Waals surface area contributed by atoms with Crippen molar-refractivity contribution in [2.45, 2.75) is 38.6 Å². The summed E-state index contributed by atoms with van der Waals surface area (Å²) >= 11 is 0. The fourth-order valence-electron chi connectivity index (χ4n) is 2.15. The van der Waals surface area contributed by atoms with E-state index in [0.717, 1.165) is 25.7 Å². The Labute approximate surface area is 126 Å². The SMILES string of the molecule is CCCC(CCc1ccccc1)NC(=O)CNC(=O)CN. The molecular weight excluding hydrogens is 266 g/mol. The Morgan fingerprint density at radius 1 is 1.14 bits per heavy atom. The normalized spacial score (nSPS) is 11.7. The zero-order valence-electron chi connectivity index (χ0n) is 12.6. The monoisotopic (exact) mass is 291 g/mol. The van der Waals surface area contributed by atoms with Crippen LogP contribution in [0.4, 0.5) is 0 Å². The lowest BCUT2D eigenvalue weighted by atomic mass is 10.0. The van der Waals surface area contributed by atoms with Gasteiger partial charge < -0.3 is 16.4 Å². The molecule has 1 aromatic rings. The van der Waals surface area contributed by atoms with Crippen LogP contribution >= 0.6 is 0 Å². The topological polar surface area (TPSA) is 84.2 Å². The standard InChI is InChI=1S/C16H25N3O2/c1-2-6-14(10-9-13-7-4-3-5-8-13)19-16(21)12-18-15(20)11-17/h3-5,7-8,14H,2,6,9-12,17H2,1H3,(H,18,20)(H,19,21). The number of nitrogens with two attached hydrogens (primary N) is 1. The average Bonchev–Trinajstić information content (AvgIpc) is 2.51. The van der Waals surface area contributed by atoms with Crippen molar-refractivity contribution in [3.8, 4) is 0 Å². The van der Waals surface area contributed by atoms with Crippen molar-refractivity contribution in [1.82, 2.24) is 10.6 Å². The Morgan fingerprint density at radius 2 is 1.86 bits per heavy atom. The van der Waals surface area contributed by atoms with Crippen LogP contribution in [0.2, 0.25) is 0 Å². The van der Waals surface area contributed by atoms with Crippen LogP contribution in [0.3, 0.4) is 0 Å². The summed E-state index contributed by atoms with van der Waals surface area (Å²) in [7, 11) is 0. The third-order valence-electron chi connectivity index (χ3n) is 3.26. The Balaban J connectivity index is 2.38. The summed E-state index contributed by atoms with van der Waals surface area (Å²) in [5, 5.41) is 5.45. The first-order chi connectivity index (χ1) is 10.2. The van der Waals surface area contributed by atoms with E-state index in [1.165, 1.54) is 5.56 Å². The molecule has 0 aliphatic rings.